The number of nitrogens with one attached hydrogen (secondary N) is 1. The van der Waals surface area contributed by atoms with Crippen molar-refractivity contribution in [1.82, 2.24) is 4.90 Å². The van der Waals surface area contributed by atoms with Crippen LogP contribution in [-0.2, 0) is 10.0 Å². The van der Waals surface area contributed by atoms with E-state index >= 15 is 0 Å². The van der Waals surface area contributed by atoms with Crippen LogP contribution in [-0.4, -0.2) is 31.8 Å². The smallest absolute Gasteiger partial charge is 0.252 e. The molecule has 1 heterocycles. The Kier molecular flexibility index (Phi) is 4.61. The average Bonchev–Trinajstić information content (AvgIpc) is 2.41. The third kappa shape index (κ3) is 3.58. The fourth-order valence-corrected chi connectivity index (χ4v) is 3.82. The molecule has 0 spiro atoms. The summed E-state index contributed by atoms with van der Waals surface area (Å²) in [6.07, 6.45) is 4.78. The van der Waals surface area contributed by atoms with Gasteiger partial charge in [0.05, 0.1) is 0 Å². The largest absolute Gasteiger partial charge is 0.283 e. The monoisotopic (exact) mass is 280 g/mol. The van der Waals surface area contributed by atoms with Crippen LogP contribution in [0.3, 0.4) is 0 Å². The zero-order chi connectivity index (χ0) is 13.7. The lowest BCUT2D eigenvalue weighted by Gasteiger charge is -2.32. The van der Waals surface area contributed by atoms with Gasteiger partial charge < -0.3 is 0 Å². The summed E-state index contributed by atoms with van der Waals surface area (Å²) in [4.78, 5) is 1.97. The SMILES string of the molecule is C=CC(N1CCCCC1)S(=O)(=O)Nc1ccccc1. The Hall–Kier alpha value is -1.33. The van der Waals surface area contributed by atoms with E-state index in [1.165, 1.54) is 12.5 Å². The van der Waals surface area contributed by atoms with Gasteiger partial charge in [-0.2, -0.15) is 0 Å². The average molecular weight is 280 g/mol. The first kappa shape index (κ1) is 14.1. The maximum absolute atomic E-state index is 12.4. The molecule has 2 rings (SSSR count). The maximum Gasteiger partial charge on any atom is 0.252 e. The summed E-state index contributed by atoms with van der Waals surface area (Å²) in [5, 5.41) is -0.659. The van der Waals surface area contributed by atoms with Crippen LogP contribution in [0.15, 0.2) is 43.0 Å². The van der Waals surface area contributed by atoms with Crippen LogP contribution in [0.4, 0.5) is 5.69 Å². The zero-order valence-corrected chi connectivity index (χ0v) is 11.8. The number of sulfonamides is 1. The molecule has 0 amide bonds. The molecule has 1 unspecified atom stereocenters. The van der Waals surface area contributed by atoms with Crippen LogP contribution >= 0.6 is 0 Å². The van der Waals surface area contributed by atoms with Gasteiger partial charge in [0.2, 0.25) is 0 Å². The number of piperidine rings is 1. The Morgan fingerprint density at radius 3 is 2.37 bits per heavy atom. The first-order valence-electron chi connectivity index (χ1n) is 6.57. The quantitative estimate of drug-likeness (QED) is 0.843. The van der Waals surface area contributed by atoms with E-state index in [4.69, 9.17) is 0 Å². The summed E-state index contributed by atoms with van der Waals surface area (Å²) in [6.45, 7) is 5.31. The van der Waals surface area contributed by atoms with Crippen molar-refractivity contribution in [3.63, 3.8) is 0 Å². The van der Waals surface area contributed by atoms with Crippen molar-refractivity contribution in [3.05, 3.63) is 43.0 Å². The van der Waals surface area contributed by atoms with Gasteiger partial charge in [-0.1, -0.05) is 30.7 Å². The van der Waals surface area contributed by atoms with Gasteiger partial charge in [0.15, 0.2) is 5.37 Å². The number of rotatable bonds is 5. The summed E-state index contributed by atoms with van der Waals surface area (Å²) in [7, 11) is -3.47. The predicted molar refractivity (Wildman–Crippen MR) is 78.4 cm³/mol. The Labute approximate surface area is 115 Å². The second kappa shape index (κ2) is 6.21. The molecule has 104 valence electrons. The van der Waals surface area contributed by atoms with Crippen LogP contribution in [0.1, 0.15) is 19.3 Å². The lowest BCUT2D eigenvalue weighted by molar-refractivity contribution is 0.229. The minimum Gasteiger partial charge on any atom is -0.283 e. The van der Waals surface area contributed by atoms with E-state index in [9.17, 15) is 8.42 Å². The van der Waals surface area contributed by atoms with Gasteiger partial charge in [0.25, 0.3) is 10.0 Å². The molecule has 0 radical (unpaired) electrons. The van der Waals surface area contributed by atoms with Crippen LogP contribution in [0.2, 0.25) is 0 Å². The lowest BCUT2D eigenvalue weighted by Crippen LogP contribution is -2.44. The standard InChI is InChI=1S/C14H20N2O2S/c1-2-14(16-11-7-4-8-12-16)19(17,18)15-13-9-5-3-6-10-13/h2-3,5-6,9-10,14-15H,1,4,7-8,11-12H2. The van der Waals surface area contributed by atoms with Crippen molar-refractivity contribution >= 4 is 15.7 Å². The molecule has 19 heavy (non-hydrogen) atoms. The van der Waals surface area contributed by atoms with E-state index in [0.29, 0.717) is 5.69 Å². The van der Waals surface area contributed by atoms with E-state index in [-0.39, 0.29) is 0 Å². The molecule has 1 fully saturated rings. The fraction of sp³-hybridized carbons (Fsp3) is 0.429. The molecule has 0 aliphatic carbocycles. The van der Waals surface area contributed by atoms with E-state index in [1.807, 2.05) is 23.1 Å². The Bertz CT molecular complexity index is 508. The first-order chi connectivity index (χ1) is 9.13. The highest BCUT2D eigenvalue weighted by Crippen LogP contribution is 2.19. The maximum atomic E-state index is 12.4. The summed E-state index contributed by atoms with van der Waals surface area (Å²) < 4.78 is 27.4. The number of likely N-dealkylation sites (tertiary alicyclic amines) is 1. The second-order valence-corrected chi connectivity index (χ2v) is 6.51. The lowest BCUT2D eigenvalue weighted by atomic mass is 10.1. The minimum atomic E-state index is -3.47. The second-order valence-electron chi connectivity index (χ2n) is 4.74. The van der Waals surface area contributed by atoms with Crippen molar-refractivity contribution in [2.24, 2.45) is 0 Å². The van der Waals surface area contributed by atoms with Gasteiger partial charge in [0, 0.05) is 5.69 Å². The summed E-state index contributed by atoms with van der Waals surface area (Å²) in [5.41, 5.74) is 0.589. The van der Waals surface area contributed by atoms with Crippen molar-refractivity contribution in [3.8, 4) is 0 Å². The normalized spacial score (nSPS) is 18.7. The predicted octanol–water partition coefficient (Wildman–Crippen LogP) is 2.43. The molecule has 1 aromatic carbocycles. The molecule has 1 atom stereocenters. The van der Waals surface area contributed by atoms with Gasteiger partial charge in [-0.15, -0.1) is 6.58 Å². The highest BCUT2D eigenvalue weighted by atomic mass is 32.2. The fourth-order valence-electron chi connectivity index (χ4n) is 2.38. The Morgan fingerprint density at radius 1 is 1.16 bits per heavy atom. The van der Waals surface area contributed by atoms with Gasteiger partial charge in [-0.25, -0.2) is 8.42 Å². The topological polar surface area (TPSA) is 49.4 Å². The van der Waals surface area contributed by atoms with Gasteiger partial charge in [-0.05, 0) is 38.1 Å². The summed E-state index contributed by atoms with van der Waals surface area (Å²) in [5.74, 6) is 0. The molecular weight excluding hydrogens is 260 g/mol. The first-order valence-corrected chi connectivity index (χ1v) is 8.11. The molecule has 1 aromatic rings. The molecule has 1 saturated heterocycles. The third-order valence-corrected chi connectivity index (χ3v) is 4.95. The van der Waals surface area contributed by atoms with E-state index in [0.717, 1.165) is 25.9 Å². The molecule has 0 bridgehead atoms. The van der Waals surface area contributed by atoms with Crippen LogP contribution in [0, 0.1) is 0 Å². The molecule has 5 heteroatoms. The van der Waals surface area contributed by atoms with Crippen LogP contribution in [0.5, 0.6) is 0 Å². The third-order valence-electron chi connectivity index (χ3n) is 3.30. The summed E-state index contributed by atoms with van der Waals surface area (Å²) >= 11 is 0. The number of hydrogen-bond donors (Lipinski definition) is 1. The molecule has 4 nitrogen and oxygen atoms in total. The van der Waals surface area contributed by atoms with E-state index in [1.54, 1.807) is 12.1 Å². The van der Waals surface area contributed by atoms with Gasteiger partial charge in [0.1, 0.15) is 0 Å². The van der Waals surface area contributed by atoms with Crippen LogP contribution < -0.4 is 4.72 Å². The van der Waals surface area contributed by atoms with Gasteiger partial charge >= 0.3 is 0 Å². The number of anilines is 1. The highest BCUT2D eigenvalue weighted by molar-refractivity contribution is 7.93. The van der Waals surface area contributed by atoms with Gasteiger partial charge in [-0.3, -0.25) is 9.62 Å². The van der Waals surface area contributed by atoms with Crippen molar-refractivity contribution in [2.45, 2.75) is 24.6 Å². The Morgan fingerprint density at radius 2 is 1.79 bits per heavy atom. The number of para-hydroxylation sites is 1. The number of nitrogens with zero attached hydrogens (tertiary/aromatic N) is 1. The molecule has 1 N–H and O–H groups in total. The van der Waals surface area contributed by atoms with Crippen molar-refractivity contribution in [2.75, 3.05) is 17.8 Å². The number of benzene rings is 1. The molecule has 1 aliphatic heterocycles. The molecule has 0 aromatic heterocycles. The van der Waals surface area contributed by atoms with Crippen LogP contribution in [0.25, 0.3) is 0 Å². The molecule has 1 aliphatic rings. The van der Waals surface area contributed by atoms with E-state index < -0.39 is 15.4 Å². The molecule has 0 saturated carbocycles. The summed E-state index contributed by atoms with van der Waals surface area (Å²) in [6, 6.07) is 8.96. The Balaban J connectivity index is 2.14. The molecular formula is C14H20N2O2S. The van der Waals surface area contributed by atoms with Crippen molar-refractivity contribution < 1.29 is 8.42 Å². The number of hydrogen-bond acceptors (Lipinski definition) is 3. The van der Waals surface area contributed by atoms with E-state index in [2.05, 4.69) is 11.3 Å². The highest BCUT2D eigenvalue weighted by Gasteiger charge is 2.29. The zero-order valence-electron chi connectivity index (χ0n) is 11.0. The minimum absolute atomic E-state index is 0.589. The van der Waals surface area contributed by atoms with Crippen molar-refractivity contribution in [1.29, 1.82) is 0 Å².